The first-order valence-corrected chi connectivity index (χ1v) is 8.45. The number of aromatic nitrogens is 1. The number of rotatable bonds is 4. The Morgan fingerprint density at radius 3 is 2.95 bits per heavy atom. The zero-order valence-corrected chi connectivity index (χ0v) is 12.7. The minimum absolute atomic E-state index is 0.639. The third-order valence-electron chi connectivity index (χ3n) is 4.00. The van der Waals surface area contributed by atoms with Crippen molar-refractivity contribution >= 4 is 34.3 Å². The van der Waals surface area contributed by atoms with E-state index in [0.29, 0.717) is 6.04 Å². The largest absolute Gasteiger partial charge is 0.356 e. The number of H-pyrrole nitrogens is 1. The van der Waals surface area contributed by atoms with Crippen LogP contribution in [0.25, 0.3) is 10.9 Å². The van der Waals surface area contributed by atoms with Gasteiger partial charge in [0, 0.05) is 34.4 Å². The fourth-order valence-corrected chi connectivity index (χ4v) is 3.95. The maximum Gasteiger partial charge on any atom is 0.0705 e. The number of benzene rings is 1. The maximum atomic E-state index is 6.42. The molecule has 3 rings (SSSR count). The van der Waals surface area contributed by atoms with Crippen molar-refractivity contribution in [2.45, 2.75) is 37.1 Å². The Morgan fingerprint density at radius 1 is 1.37 bits per heavy atom. The predicted molar refractivity (Wildman–Crippen MR) is 85.1 cm³/mol. The average molecular weight is 295 g/mol. The van der Waals surface area contributed by atoms with Gasteiger partial charge in [-0.15, -0.1) is 0 Å². The van der Waals surface area contributed by atoms with Crippen LogP contribution in [-0.2, 0) is 6.54 Å². The van der Waals surface area contributed by atoms with Gasteiger partial charge in [0.2, 0.25) is 0 Å². The molecule has 0 amide bonds. The summed E-state index contributed by atoms with van der Waals surface area (Å²) in [5.41, 5.74) is 2.23. The number of thioether (sulfide) groups is 1. The van der Waals surface area contributed by atoms with Gasteiger partial charge in [-0.1, -0.05) is 29.8 Å². The van der Waals surface area contributed by atoms with Crippen LogP contribution >= 0.6 is 23.4 Å². The Labute approximate surface area is 123 Å². The van der Waals surface area contributed by atoms with E-state index in [1.165, 1.54) is 19.3 Å². The molecule has 19 heavy (non-hydrogen) atoms. The van der Waals surface area contributed by atoms with Gasteiger partial charge in [-0.3, -0.25) is 0 Å². The molecule has 1 aliphatic rings. The maximum absolute atomic E-state index is 6.42. The highest BCUT2D eigenvalue weighted by Gasteiger charge is 2.23. The molecule has 0 spiro atoms. The third-order valence-corrected chi connectivity index (χ3v) is 5.53. The monoisotopic (exact) mass is 294 g/mol. The highest BCUT2D eigenvalue weighted by molar-refractivity contribution is 7.99. The molecule has 1 heterocycles. The van der Waals surface area contributed by atoms with E-state index < -0.39 is 0 Å². The van der Waals surface area contributed by atoms with Crippen LogP contribution in [0.15, 0.2) is 24.3 Å². The Kier molecular flexibility index (Phi) is 4.06. The van der Waals surface area contributed by atoms with Crippen molar-refractivity contribution < 1.29 is 0 Å². The molecule has 2 unspecified atom stereocenters. The van der Waals surface area contributed by atoms with E-state index in [9.17, 15) is 0 Å². The Morgan fingerprint density at radius 2 is 2.21 bits per heavy atom. The van der Waals surface area contributed by atoms with Crippen molar-refractivity contribution in [1.82, 2.24) is 10.3 Å². The summed E-state index contributed by atoms with van der Waals surface area (Å²) in [6.45, 7) is 0.833. The second kappa shape index (κ2) is 5.78. The number of fused-ring (bicyclic) bond motifs is 1. The summed E-state index contributed by atoms with van der Waals surface area (Å²) in [6, 6.07) is 8.84. The summed E-state index contributed by atoms with van der Waals surface area (Å²) in [7, 11) is 0. The molecule has 102 valence electrons. The topological polar surface area (TPSA) is 27.8 Å². The van der Waals surface area contributed by atoms with E-state index in [1.807, 2.05) is 23.9 Å². The summed E-state index contributed by atoms with van der Waals surface area (Å²) >= 11 is 8.41. The molecule has 1 aliphatic carbocycles. The zero-order chi connectivity index (χ0) is 13.2. The lowest BCUT2D eigenvalue weighted by atomic mass is 10.2. The van der Waals surface area contributed by atoms with Gasteiger partial charge >= 0.3 is 0 Å². The van der Waals surface area contributed by atoms with Crippen molar-refractivity contribution in [2.24, 2.45) is 0 Å². The molecule has 0 radical (unpaired) electrons. The predicted octanol–water partition coefficient (Wildman–Crippen LogP) is 4.20. The van der Waals surface area contributed by atoms with E-state index in [-0.39, 0.29) is 0 Å². The molecule has 1 saturated carbocycles. The van der Waals surface area contributed by atoms with Gasteiger partial charge in [0.1, 0.15) is 0 Å². The quantitative estimate of drug-likeness (QED) is 0.885. The van der Waals surface area contributed by atoms with Crippen molar-refractivity contribution in [1.29, 1.82) is 0 Å². The van der Waals surface area contributed by atoms with Crippen LogP contribution in [0.2, 0.25) is 5.02 Å². The molecular formula is C15H19ClN2S. The second-order valence-corrected chi connectivity index (χ2v) is 6.73. The lowest BCUT2D eigenvalue weighted by Gasteiger charge is -2.12. The number of aromatic amines is 1. The van der Waals surface area contributed by atoms with Crippen molar-refractivity contribution in [2.75, 3.05) is 6.26 Å². The van der Waals surface area contributed by atoms with Crippen LogP contribution in [0.1, 0.15) is 25.0 Å². The van der Waals surface area contributed by atoms with Gasteiger partial charge in [0.05, 0.1) is 5.02 Å². The first kappa shape index (κ1) is 13.3. The fraction of sp³-hybridized carbons (Fsp3) is 0.467. The Bertz CT molecular complexity index is 566. The lowest BCUT2D eigenvalue weighted by Crippen LogP contribution is -2.26. The average Bonchev–Trinajstić information content (AvgIpc) is 3.02. The van der Waals surface area contributed by atoms with Crippen molar-refractivity contribution in [3.8, 4) is 0 Å². The number of hydrogen-bond donors (Lipinski definition) is 2. The molecule has 1 fully saturated rings. The Balaban J connectivity index is 1.67. The molecule has 2 atom stereocenters. The molecule has 1 aromatic heterocycles. The highest BCUT2D eigenvalue weighted by Crippen LogP contribution is 2.30. The summed E-state index contributed by atoms with van der Waals surface area (Å²) in [6.07, 6.45) is 6.10. The fourth-order valence-electron chi connectivity index (χ4n) is 2.87. The summed E-state index contributed by atoms with van der Waals surface area (Å²) in [5.74, 6) is 0. The normalized spacial score (nSPS) is 23.3. The van der Waals surface area contributed by atoms with E-state index in [4.69, 9.17) is 11.6 Å². The number of halogens is 1. The summed E-state index contributed by atoms with van der Waals surface area (Å²) in [5, 5.41) is 6.45. The molecule has 0 bridgehead atoms. The Hall–Kier alpha value is -0.640. The third kappa shape index (κ3) is 2.78. The van der Waals surface area contributed by atoms with Gasteiger partial charge in [-0.25, -0.2) is 0 Å². The summed E-state index contributed by atoms with van der Waals surface area (Å²) in [4.78, 5) is 3.41. The standard InChI is InChI=1S/C15H19ClN2S/c1-19-11-7-6-10(8-11)17-9-14-15(16)12-4-2-3-5-13(12)18-14/h2-5,10-11,17-18H,6-9H2,1H3. The van der Waals surface area contributed by atoms with Crippen LogP contribution in [0, 0.1) is 0 Å². The number of nitrogens with one attached hydrogen (secondary N) is 2. The minimum atomic E-state index is 0.639. The van der Waals surface area contributed by atoms with Crippen molar-refractivity contribution in [3.63, 3.8) is 0 Å². The van der Waals surface area contributed by atoms with Gasteiger partial charge in [0.15, 0.2) is 0 Å². The van der Waals surface area contributed by atoms with E-state index >= 15 is 0 Å². The van der Waals surface area contributed by atoms with Gasteiger partial charge < -0.3 is 10.3 Å². The van der Waals surface area contributed by atoms with E-state index in [0.717, 1.165) is 33.4 Å². The molecule has 0 saturated heterocycles. The van der Waals surface area contributed by atoms with E-state index in [1.54, 1.807) is 0 Å². The molecule has 2 N–H and O–H groups in total. The molecule has 2 aromatic rings. The number of hydrogen-bond acceptors (Lipinski definition) is 2. The minimum Gasteiger partial charge on any atom is -0.356 e. The molecular weight excluding hydrogens is 276 g/mol. The smallest absolute Gasteiger partial charge is 0.0705 e. The van der Waals surface area contributed by atoms with Crippen LogP contribution in [0.4, 0.5) is 0 Å². The van der Waals surface area contributed by atoms with Gasteiger partial charge in [-0.05, 0) is 31.6 Å². The highest BCUT2D eigenvalue weighted by atomic mass is 35.5. The van der Waals surface area contributed by atoms with Crippen LogP contribution in [0.5, 0.6) is 0 Å². The number of para-hydroxylation sites is 1. The van der Waals surface area contributed by atoms with E-state index in [2.05, 4.69) is 28.7 Å². The van der Waals surface area contributed by atoms with Gasteiger partial charge in [-0.2, -0.15) is 11.8 Å². The van der Waals surface area contributed by atoms with Crippen LogP contribution < -0.4 is 5.32 Å². The van der Waals surface area contributed by atoms with Crippen molar-refractivity contribution in [3.05, 3.63) is 35.0 Å². The molecule has 0 aliphatic heterocycles. The van der Waals surface area contributed by atoms with Crippen LogP contribution in [0.3, 0.4) is 0 Å². The van der Waals surface area contributed by atoms with Crippen LogP contribution in [-0.4, -0.2) is 22.5 Å². The first-order chi connectivity index (χ1) is 9.28. The lowest BCUT2D eigenvalue weighted by molar-refractivity contribution is 0.521. The zero-order valence-electron chi connectivity index (χ0n) is 11.1. The molecule has 1 aromatic carbocycles. The SMILES string of the molecule is CSC1CCC(NCc2[nH]c3ccccc3c2Cl)C1. The summed E-state index contributed by atoms with van der Waals surface area (Å²) < 4.78 is 0. The molecule has 2 nitrogen and oxygen atoms in total. The van der Waals surface area contributed by atoms with Gasteiger partial charge in [0.25, 0.3) is 0 Å². The second-order valence-electron chi connectivity index (χ2n) is 5.21. The molecule has 4 heteroatoms. The first-order valence-electron chi connectivity index (χ1n) is 6.79.